The first-order chi connectivity index (χ1) is 13.0. The summed E-state index contributed by atoms with van der Waals surface area (Å²) >= 11 is 0. The molecule has 6 nitrogen and oxygen atoms in total. The summed E-state index contributed by atoms with van der Waals surface area (Å²) in [7, 11) is 0. The van der Waals surface area contributed by atoms with E-state index in [1.807, 2.05) is 10.9 Å². The molecule has 0 aliphatic rings. The molecule has 0 aromatic heterocycles. The van der Waals surface area contributed by atoms with Crippen molar-refractivity contribution in [1.29, 1.82) is 0 Å². The highest BCUT2D eigenvalue weighted by molar-refractivity contribution is 6.35. The molecular formula is C16H12F6N4O2. The van der Waals surface area contributed by atoms with Gasteiger partial charge in [-0.2, -0.15) is 26.3 Å². The second-order valence-corrected chi connectivity index (χ2v) is 5.24. The van der Waals surface area contributed by atoms with Crippen molar-refractivity contribution in [2.24, 2.45) is 0 Å². The van der Waals surface area contributed by atoms with Crippen LogP contribution in [0.2, 0.25) is 0 Å². The van der Waals surface area contributed by atoms with Gasteiger partial charge in [0.25, 0.3) is 0 Å². The zero-order valence-corrected chi connectivity index (χ0v) is 13.7. The van der Waals surface area contributed by atoms with Crippen molar-refractivity contribution in [3.05, 3.63) is 59.7 Å². The molecule has 2 rings (SSSR count). The summed E-state index contributed by atoms with van der Waals surface area (Å²) in [5.74, 6) is -2.87. The Hall–Kier alpha value is -3.44. The van der Waals surface area contributed by atoms with Crippen LogP contribution in [0.15, 0.2) is 48.5 Å². The van der Waals surface area contributed by atoms with Crippen molar-refractivity contribution in [2.45, 2.75) is 12.4 Å². The van der Waals surface area contributed by atoms with Gasteiger partial charge in [-0.15, -0.1) is 0 Å². The number of hydrogen-bond acceptors (Lipinski definition) is 4. The predicted octanol–water partition coefficient (Wildman–Crippen LogP) is 3.31. The van der Waals surface area contributed by atoms with Gasteiger partial charge >= 0.3 is 24.2 Å². The van der Waals surface area contributed by atoms with Crippen molar-refractivity contribution < 1.29 is 35.9 Å². The highest BCUT2D eigenvalue weighted by Crippen LogP contribution is 2.35. The minimum absolute atomic E-state index is 0.522. The molecule has 12 heteroatoms. The number of alkyl halides is 6. The predicted molar refractivity (Wildman–Crippen MR) is 86.4 cm³/mol. The maximum atomic E-state index is 12.8. The topological polar surface area (TPSA) is 82.3 Å². The molecule has 28 heavy (non-hydrogen) atoms. The summed E-state index contributed by atoms with van der Waals surface area (Å²) in [5, 5.41) is 0. The standard InChI is InChI=1S/C16H12F6N4O2/c17-15(18,19)9-5-1-3-7-11(9)23-25-13(27)14(28)26-24-12-8-4-2-6-10(12)16(20,21)22/h1-8,23-24H,(H,25,27)(H,26,28). The minimum atomic E-state index is -4.71. The first-order valence-corrected chi connectivity index (χ1v) is 7.45. The second kappa shape index (κ2) is 8.06. The normalized spacial score (nSPS) is 11.5. The van der Waals surface area contributed by atoms with Gasteiger partial charge in [0.2, 0.25) is 0 Å². The quantitative estimate of drug-likeness (QED) is 0.357. The van der Waals surface area contributed by atoms with Gasteiger partial charge in [-0.3, -0.25) is 31.3 Å². The maximum Gasteiger partial charge on any atom is 0.418 e. The van der Waals surface area contributed by atoms with E-state index in [2.05, 4.69) is 0 Å². The molecule has 0 spiro atoms. The van der Waals surface area contributed by atoms with Crippen LogP contribution in [-0.2, 0) is 21.9 Å². The third-order valence-electron chi connectivity index (χ3n) is 3.29. The number of amides is 2. The van der Waals surface area contributed by atoms with Gasteiger partial charge in [0, 0.05) is 0 Å². The Labute approximate surface area is 153 Å². The van der Waals surface area contributed by atoms with E-state index in [4.69, 9.17) is 0 Å². The Morgan fingerprint density at radius 3 is 1.25 bits per heavy atom. The van der Waals surface area contributed by atoms with Gasteiger partial charge in [0.05, 0.1) is 22.5 Å². The largest absolute Gasteiger partial charge is 0.418 e. The van der Waals surface area contributed by atoms with Crippen LogP contribution in [0, 0.1) is 0 Å². The summed E-state index contributed by atoms with van der Waals surface area (Å²) in [5.41, 5.74) is 4.13. The lowest BCUT2D eigenvalue weighted by Crippen LogP contribution is -2.44. The SMILES string of the molecule is O=C(NNc1ccccc1C(F)(F)F)C(=O)NNc1ccccc1C(F)(F)F. The van der Waals surface area contributed by atoms with Crippen molar-refractivity contribution in [1.82, 2.24) is 10.9 Å². The van der Waals surface area contributed by atoms with Crippen LogP contribution < -0.4 is 21.7 Å². The fraction of sp³-hybridized carbons (Fsp3) is 0.125. The fourth-order valence-corrected chi connectivity index (χ4v) is 2.04. The van der Waals surface area contributed by atoms with Gasteiger partial charge in [-0.25, -0.2) is 0 Å². The van der Waals surface area contributed by atoms with Crippen LogP contribution in [0.4, 0.5) is 37.7 Å². The molecule has 0 aliphatic carbocycles. The molecule has 150 valence electrons. The van der Waals surface area contributed by atoms with E-state index in [0.29, 0.717) is 0 Å². The van der Waals surface area contributed by atoms with Gasteiger partial charge in [0.1, 0.15) is 0 Å². The highest BCUT2D eigenvalue weighted by atomic mass is 19.4. The van der Waals surface area contributed by atoms with Gasteiger partial charge in [0.15, 0.2) is 0 Å². The number of anilines is 2. The Morgan fingerprint density at radius 2 is 0.929 bits per heavy atom. The fourth-order valence-electron chi connectivity index (χ4n) is 2.04. The van der Waals surface area contributed by atoms with Crippen molar-refractivity contribution in [2.75, 3.05) is 10.9 Å². The summed E-state index contributed by atoms with van der Waals surface area (Å²) in [6, 6.07) is 8.32. The number of rotatable bonds is 4. The molecular weight excluding hydrogens is 394 g/mol. The smallest absolute Gasteiger partial charge is 0.298 e. The van der Waals surface area contributed by atoms with Crippen molar-refractivity contribution in [3.8, 4) is 0 Å². The zero-order chi connectivity index (χ0) is 20.9. The average molecular weight is 406 g/mol. The third-order valence-corrected chi connectivity index (χ3v) is 3.29. The van der Waals surface area contributed by atoms with Crippen LogP contribution in [-0.4, -0.2) is 11.8 Å². The number of carbonyl (C=O) groups excluding carboxylic acids is 2. The van der Waals surface area contributed by atoms with Gasteiger partial charge in [-0.05, 0) is 24.3 Å². The number of benzene rings is 2. The minimum Gasteiger partial charge on any atom is -0.298 e. The van der Waals surface area contributed by atoms with E-state index in [1.165, 1.54) is 12.1 Å². The van der Waals surface area contributed by atoms with E-state index >= 15 is 0 Å². The van der Waals surface area contributed by atoms with E-state index < -0.39 is 46.7 Å². The van der Waals surface area contributed by atoms with Crippen LogP contribution in [0.25, 0.3) is 0 Å². The number of nitrogens with one attached hydrogen (secondary N) is 4. The Balaban J connectivity index is 1.98. The van der Waals surface area contributed by atoms with Crippen molar-refractivity contribution in [3.63, 3.8) is 0 Å². The number of para-hydroxylation sites is 2. The molecule has 0 bridgehead atoms. The third kappa shape index (κ3) is 5.28. The van der Waals surface area contributed by atoms with Crippen LogP contribution in [0.3, 0.4) is 0 Å². The molecule has 0 atom stereocenters. The molecule has 0 aliphatic heterocycles. The zero-order valence-electron chi connectivity index (χ0n) is 13.7. The number of halogens is 6. The first-order valence-electron chi connectivity index (χ1n) is 7.45. The number of hydrogen-bond donors (Lipinski definition) is 4. The molecule has 2 aromatic carbocycles. The molecule has 4 N–H and O–H groups in total. The van der Waals surface area contributed by atoms with Crippen LogP contribution in [0.1, 0.15) is 11.1 Å². The lowest BCUT2D eigenvalue weighted by Gasteiger charge is -2.16. The summed E-state index contributed by atoms with van der Waals surface area (Å²) in [6.07, 6.45) is -9.42. The second-order valence-electron chi connectivity index (χ2n) is 5.24. The average Bonchev–Trinajstić information content (AvgIpc) is 2.63. The van der Waals surface area contributed by atoms with E-state index in [-0.39, 0.29) is 0 Å². The monoisotopic (exact) mass is 406 g/mol. The summed E-state index contributed by atoms with van der Waals surface area (Å²) in [6.45, 7) is 0. The first kappa shape index (κ1) is 20.9. The van der Waals surface area contributed by atoms with E-state index in [1.54, 1.807) is 10.9 Å². The number of carbonyl (C=O) groups is 2. The molecule has 0 saturated heterocycles. The maximum absolute atomic E-state index is 12.8. The Kier molecular flexibility index (Phi) is 6.01. The lowest BCUT2D eigenvalue weighted by atomic mass is 10.2. The molecule has 0 heterocycles. The molecule has 0 saturated carbocycles. The highest BCUT2D eigenvalue weighted by Gasteiger charge is 2.34. The molecule has 2 aromatic rings. The number of hydrazine groups is 2. The van der Waals surface area contributed by atoms with Gasteiger partial charge in [-0.1, -0.05) is 24.3 Å². The van der Waals surface area contributed by atoms with Crippen molar-refractivity contribution >= 4 is 23.2 Å². The lowest BCUT2D eigenvalue weighted by molar-refractivity contribution is -0.139. The molecule has 0 radical (unpaired) electrons. The molecule has 0 fully saturated rings. The summed E-state index contributed by atoms with van der Waals surface area (Å²) in [4.78, 5) is 23.3. The Bertz CT molecular complexity index is 795. The molecule has 2 amide bonds. The van der Waals surface area contributed by atoms with E-state index in [9.17, 15) is 35.9 Å². The Morgan fingerprint density at radius 1 is 0.607 bits per heavy atom. The van der Waals surface area contributed by atoms with Crippen LogP contribution in [0.5, 0.6) is 0 Å². The van der Waals surface area contributed by atoms with Gasteiger partial charge < -0.3 is 0 Å². The summed E-state index contributed by atoms with van der Waals surface area (Å²) < 4.78 is 77.0. The molecule has 0 unspecified atom stereocenters. The van der Waals surface area contributed by atoms with Crippen LogP contribution >= 0.6 is 0 Å². The van der Waals surface area contributed by atoms with E-state index in [0.717, 1.165) is 36.4 Å².